The van der Waals surface area contributed by atoms with Crippen LogP contribution in [0.3, 0.4) is 0 Å². The number of ether oxygens (including phenoxy) is 3. The summed E-state index contributed by atoms with van der Waals surface area (Å²) in [5, 5.41) is 56.8. The van der Waals surface area contributed by atoms with Crippen LogP contribution in [-0.2, 0) is 23.8 Å². The molecular weight excluding hydrogens is 955 g/mol. The first-order chi connectivity index (χ1) is 37.2. The number of carbonyl (C=O) groups is 2. The zero-order chi connectivity index (χ0) is 55.4. The molecule has 11 nitrogen and oxygen atoms in total. The SMILES string of the molecule is CC/C=C\C/C=C\C/C=C\C/C=C\C/C=C\C/C=C\CC(O)C(=O)NC(COC1OC(CO)C(O)C(O)C1OC(=O)CCCCCCCCCCCCCCCCCCC)C(O)/C=C/CCCCCCCCCCCC. The van der Waals surface area contributed by atoms with Crippen LogP contribution in [0.1, 0.15) is 252 Å². The highest BCUT2D eigenvalue weighted by atomic mass is 16.7. The molecule has 438 valence electrons. The number of allylic oxidation sites excluding steroid dienone is 12. The molecule has 1 amide bonds. The largest absolute Gasteiger partial charge is 0.454 e. The zero-order valence-electron chi connectivity index (χ0n) is 48.3. The maximum Gasteiger partial charge on any atom is 0.306 e. The van der Waals surface area contributed by atoms with Crippen molar-refractivity contribution in [3.05, 3.63) is 85.1 Å². The fraction of sp³-hybridized carbons (Fsp3) is 0.754. The number of rotatable bonds is 51. The normalized spacial score (nSPS) is 19.7. The molecule has 0 aromatic heterocycles. The summed E-state index contributed by atoms with van der Waals surface area (Å²) in [7, 11) is 0. The molecule has 1 heterocycles. The molecule has 0 aliphatic carbocycles. The summed E-state index contributed by atoms with van der Waals surface area (Å²) in [6, 6.07) is -1.07. The Bertz CT molecular complexity index is 1560. The van der Waals surface area contributed by atoms with Crippen molar-refractivity contribution in [3.8, 4) is 0 Å². The predicted molar refractivity (Wildman–Crippen MR) is 315 cm³/mol. The van der Waals surface area contributed by atoms with Crippen molar-refractivity contribution in [2.45, 2.75) is 301 Å². The quantitative estimate of drug-likeness (QED) is 0.0195. The molecule has 0 aromatic rings. The zero-order valence-corrected chi connectivity index (χ0v) is 48.3. The third-order valence-electron chi connectivity index (χ3n) is 14.1. The van der Waals surface area contributed by atoms with Gasteiger partial charge in [-0.05, 0) is 57.8 Å². The molecule has 1 aliphatic heterocycles. The average molecular weight is 1070 g/mol. The van der Waals surface area contributed by atoms with Crippen LogP contribution in [0.2, 0.25) is 0 Å². The molecule has 0 spiro atoms. The monoisotopic (exact) mass is 1070 g/mol. The fourth-order valence-electron chi connectivity index (χ4n) is 9.20. The minimum atomic E-state index is -1.63. The van der Waals surface area contributed by atoms with E-state index < -0.39 is 67.4 Å². The molecule has 0 saturated carbocycles. The summed E-state index contributed by atoms with van der Waals surface area (Å²) < 4.78 is 17.6. The van der Waals surface area contributed by atoms with E-state index >= 15 is 0 Å². The van der Waals surface area contributed by atoms with Gasteiger partial charge in [-0.2, -0.15) is 0 Å². The van der Waals surface area contributed by atoms with Gasteiger partial charge in [0, 0.05) is 12.8 Å². The van der Waals surface area contributed by atoms with Crippen molar-refractivity contribution in [1.29, 1.82) is 0 Å². The van der Waals surface area contributed by atoms with E-state index in [2.05, 4.69) is 80.8 Å². The predicted octanol–water partition coefficient (Wildman–Crippen LogP) is 14.6. The minimum absolute atomic E-state index is 0.0558. The van der Waals surface area contributed by atoms with E-state index in [9.17, 15) is 35.1 Å². The lowest BCUT2D eigenvalue weighted by Gasteiger charge is -2.41. The van der Waals surface area contributed by atoms with E-state index in [1.165, 1.54) is 128 Å². The number of aliphatic hydroxyl groups excluding tert-OH is 5. The van der Waals surface area contributed by atoms with Gasteiger partial charge in [-0.3, -0.25) is 9.59 Å². The molecule has 11 heteroatoms. The first-order valence-electron chi connectivity index (χ1n) is 30.9. The lowest BCUT2D eigenvalue weighted by atomic mass is 9.99. The molecule has 1 saturated heterocycles. The molecule has 1 rings (SSSR count). The van der Waals surface area contributed by atoms with Crippen molar-refractivity contribution < 1.29 is 49.3 Å². The maximum absolute atomic E-state index is 13.4. The maximum atomic E-state index is 13.4. The van der Waals surface area contributed by atoms with Crippen LogP contribution in [-0.4, -0.2) is 99.6 Å². The topological polar surface area (TPSA) is 175 Å². The van der Waals surface area contributed by atoms with Gasteiger partial charge in [0.05, 0.1) is 25.4 Å². The van der Waals surface area contributed by atoms with Crippen molar-refractivity contribution >= 4 is 11.9 Å². The summed E-state index contributed by atoms with van der Waals surface area (Å²) in [6.07, 6.45) is 57.8. The molecule has 76 heavy (non-hydrogen) atoms. The van der Waals surface area contributed by atoms with Gasteiger partial charge in [-0.25, -0.2) is 0 Å². The van der Waals surface area contributed by atoms with Crippen molar-refractivity contribution in [3.63, 3.8) is 0 Å². The minimum Gasteiger partial charge on any atom is -0.454 e. The number of aliphatic hydroxyl groups is 5. The summed E-state index contributed by atoms with van der Waals surface area (Å²) in [5.41, 5.74) is 0. The summed E-state index contributed by atoms with van der Waals surface area (Å²) >= 11 is 0. The Labute approximate surface area is 463 Å². The highest BCUT2D eigenvalue weighted by molar-refractivity contribution is 5.81. The van der Waals surface area contributed by atoms with Gasteiger partial charge in [0.25, 0.3) is 0 Å². The second-order valence-electron chi connectivity index (χ2n) is 21.1. The summed E-state index contributed by atoms with van der Waals surface area (Å²) in [6.45, 7) is 5.63. The Balaban J connectivity index is 2.74. The van der Waals surface area contributed by atoms with Gasteiger partial charge in [0.2, 0.25) is 5.91 Å². The number of unbranched alkanes of at least 4 members (excludes halogenated alkanes) is 26. The second kappa shape index (κ2) is 52.5. The number of hydrogen-bond donors (Lipinski definition) is 6. The molecule has 1 fully saturated rings. The number of hydrogen-bond acceptors (Lipinski definition) is 10. The molecule has 1 aliphatic rings. The van der Waals surface area contributed by atoms with Gasteiger partial charge >= 0.3 is 5.97 Å². The van der Waals surface area contributed by atoms with Crippen LogP contribution >= 0.6 is 0 Å². The number of amides is 1. The number of nitrogens with one attached hydrogen (secondary N) is 1. The van der Waals surface area contributed by atoms with E-state index in [4.69, 9.17) is 14.2 Å². The van der Waals surface area contributed by atoms with Gasteiger partial charge in [-0.1, -0.05) is 266 Å². The van der Waals surface area contributed by atoms with Gasteiger partial charge in [0.1, 0.15) is 24.4 Å². The molecule has 0 radical (unpaired) electrons. The van der Waals surface area contributed by atoms with E-state index in [0.717, 1.165) is 77.0 Å². The lowest BCUT2D eigenvalue weighted by molar-refractivity contribution is -0.305. The molecular formula is C65H113NO10. The summed E-state index contributed by atoms with van der Waals surface area (Å²) in [5.74, 6) is -1.28. The first kappa shape index (κ1) is 70.9. The smallest absolute Gasteiger partial charge is 0.306 e. The van der Waals surface area contributed by atoms with Crippen LogP contribution in [0.4, 0.5) is 0 Å². The molecule has 0 aromatic carbocycles. The third kappa shape index (κ3) is 40.1. The fourth-order valence-corrected chi connectivity index (χ4v) is 9.20. The highest BCUT2D eigenvalue weighted by Gasteiger charge is 2.47. The standard InChI is InChI=1S/C65H113NO10/c1-4-7-10-13-16-19-22-25-27-29-31-32-34-37-40-43-46-49-52-58(69)64(73)66-56(57(68)51-48-45-42-39-36-24-21-18-15-12-9-6-3)55-74-65-63(62(72)61(71)59(54-67)75-65)76-60(70)53-50-47-44-41-38-35-33-30-28-26-23-20-17-14-11-8-5-2/h7,10,16,19,25,27,31-32,37,40,46,48-49,51,56-59,61-63,65,67-69,71-72H,4-6,8-9,11-15,17-18,20-24,26,28-30,33-36,38-39,41-45,47,50,52-55H2,1-3H3,(H,66,73)/b10-7-,19-16-,27-25-,32-31-,40-37-,49-46-,51-48+. The summed E-state index contributed by atoms with van der Waals surface area (Å²) in [4.78, 5) is 26.5. The Hall–Kier alpha value is -3.16. The van der Waals surface area contributed by atoms with Crippen LogP contribution < -0.4 is 5.32 Å². The van der Waals surface area contributed by atoms with E-state index in [-0.39, 0.29) is 19.4 Å². The molecule has 8 atom stereocenters. The van der Waals surface area contributed by atoms with Gasteiger partial charge < -0.3 is 45.1 Å². The Morgan fingerprint density at radius 2 is 0.934 bits per heavy atom. The highest BCUT2D eigenvalue weighted by Crippen LogP contribution is 2.26. The van der Waals surface area contributed by atoms with Gasteiger partial charge in [-0.15, -0.1) is 0 Å². The van der Waals surface area contributed by atoms with Crippen molar-refractivity contribution in [1.82, 2.24) is 5.32 Å². The van der Waals surface area contributed by atoms with Gasteiger partial charge in [0.15, 0.2) is 12.4 Å². The van der Waals surface area contributed by atoms with E-state index in [0.29, 0.717) is 12.8 Å². The van der Waals surface area contributed by atoms with Crippen molar-refractivity contribution in [2.75, 3.05) is 13.2 Å². The number of carbonyl (C=O) groups excluding carboxylic acids is 2. The molecule has 8 unspecified atom stereocenters. The van der Waals surface area contributed by atoms with Crippen LogP contribution in [0.5, 0.6) is 0 Å². The third-order valence-corrected chi connectivity index (χ3v) is 14.1. The van der Waals surface area contributed by atoms with E-state index in [1.54, 1.807) is 12.2 Å². The average Bonchev–Trinajstić information content (AvgIpc) is 3.42. The van der Waals surface area contributed by atoms with E-state index in [1.807, 2.05) is 18.2 Å². The first-order valence-corrected chi connectivity index (χ1v) is 30.9. The van der Waals surface area contributed by atoms with Crippen LogP contribution in [0.15, 0.2) is 85.1 Å². The Morgan fingerprint density at radius 1 is 0.526 bits per heavy atom. The Morgan fingerprint density at radius 3 is 1.37 bits per heavy atom. The molecule has 0 bridgehead atoms. The second-order valence-corrected chi connectivity index (χ2v) is 21.1. The molecule has 6 N–H and O–H groups in total. The number of esters is 1. The lowest BCUT2D eigenvalue weighted by Crippen LogP contribution is -2.61. The van der Waals surface area contributed by atoms with Crippen molar-refractivity contribution in [2.24, 2.45) is 0 Å². The van der Waals surface area contributed by atoms with Crippen LogP contribution in [0.25, 0.3) is 0 Å². The Kier molecular flexibility index (Phi) is 49.0. The van der Waals surface area contributed by atoms with Crippen LogP contribution in [0, 0.1) is 0 Å².